The summed E-state index contributed by atoms with van der Waals surface area (Å²) < 4.78 is 5.50. The molecule has 2 aromatic carbocycles. The highest BCUT2D eigenvalue weighted by Gasteiger charge is 2.37. The second kappa shape index (κ2) is 7.43. The van der Waals surface area contributed by atoms with E-state index in [0.29, 0.717) is 6.42 Å². The first-order chi connectivity index (χ1) is 12.9. The van der Waals surface area contributed by atoms with E-state index < -0.39 is 23.5 Å². The van der Waals surface area contributed by atoms with Gasteiger partial charge in [-0.05, 0) is 42.5 Å². The van der Waals surface area contributed by atoms with Crippen LogP contribution in [0.15, 0.2) is 48.5 Å². The maximum atomic E-state index is 12.3. The van der Waals surface area contributed by atoms with Crippen molar-refractivity contribution in [2.75, 3.05) is 6.61 Å². The van der Waals surface area contributed by atoms with Crippen LogP contribution in [0.2, 0.25) is 0 Å². The number of fused-ring (bicyclic) bond motifs is 3. The zero-order valence-electron chi connectivity index (χ0n) is 15.9. The van der Waals surface area contributed by atoms with Crippen molar-refractivity contribution in [3.8, 4) is 11.1 Å². The number of amides is 1. The van der Waals surface area contributed by atoms with E-state index in [1.165, 1.54) is 11.1 Å². The Hall–Kier alpha value is -2.82. The number of carbonyl (C=O) groups excluding carboxylic acids is 1. The minimum atomic E-state index is -1.07. The molecular formula is C22H25NO4. The molecule has 0 saturated heterocycles. The Labute approximate surface area is 159 Å². The van der Waals surface area contributed by atoms with E-state index in [1.807, 2.05) is 31.2 Å². The number of hydrogen-bond donors (Lipinski definition) is 2. The molecule has 0 spiro atoms. The van der Waals surface area contributed by atoms with Crippen LogP contribution >= 0.6 is 0 Å². The van der Waals surface area contributed by atoms with Crippen LogP contribution in [0.5, 0.6) is 0 Å². The minimum Gasteiger partial charge on any atom is -0.481 e. The summed E-state index contributed by atoms with van der Waals surface area (Å²) >= 11 is 0. The molecule has 1 amide bonds. The first-order valence-electron chi connectivity index (χ1n) is 9.21. The van der Waals surface area contributed by atoms with E-state index in [4.69, 9.17) is 4.74 Å². The van der Waals surface area contributed by atoms with Gasteiger partial charge in [-0.1, -0.05) is 55.5 Å². The zero-order chi connectivity index (χ0) is 19.6. The fourth-order valence-electron chi connectivity index (χ4n) is 3.72. The minimum absolute atomic E-state index is 0.0179. The normalized spacial score (nSPS) is 14.2. The van der Waals surface area contributed by atoms with Gasteiger partial charge in [0.25, 0.3) is 0 Å². The number of benzene rings is 2. The molecule has 142 valence electrons. The Morgan fingerprint density at radius 2 is 1.59 bits per heavy atom. The summed E-state index contributed by atoms with van der Waals surface area (Å²) in [7, 11) is 0. The lowest BCUT2D eigenvalue weighted by molar-refractivity contribution is -0.148. The second-order valence-electron chi connectivity index (χ2n) is 7.46. The van der Waals surface area contributed by atoms with E-state index in [2.05, 4.69) is 29.6 Å². The van der Waals surface area contributed by atoms with Crippen LogP contribution in [0.1, 0.15) is 44.2 Å². The van der Waals surface area contributed by atoms with Crippen molar-refractivity contribution in [3.05, 3.63) is 59.7 Å². The monoisotopic (exact) mass is 367 g/mol. The number of carboxylic acid groups (broad SMARTS) is 1. The molecule has 0 bridgehead atoms. The van der Waals surface area contributed by atoms with Crippen molar-refractivity contribution in [2.24, 2.45) is 5.41 Å². The van der Waals surface area contributed by atoms with Gasteiger partial charge in [0.2, 0.25) is 0 Å². The predicted molar refractivity (Wildman–Crippen MR) is 104 cm³/mol. The summed E-state index contributed by atoms with van der Waals surface area (Å²) in [6.07, 6.45) is -0.0817. The Balaban J connectivity index is 1.72. The van der Waals surface area contributed by atoms with Crippen LogP contribution in [0, 0.1) is 5.41 Å². The number of carboxylic acids is 1. The third kappa shape index (κ3) is 3.54. The molecule has 0 saturated carbocycles. The first kappa shape index (κ1) is 19.0. The molecule has 27 heavy (non-hydrogen) atoms. The number of ether oxygens (including phenoxy) is 1. The van der Waals surface area contributed by atoms with Crippen LogP contribution in [0.25, 0.3) is 11.1 Å². The maximum Gasteiger partial charge on any atom is 0.407 e. The molecule has 3 rings (SSSR count). The molecular weight excluding hydrogens is 342 g/mol. The van der Waals surface area contributed by atoms with Gasteiger partial charge in [-0.25, -0.2) is 4.79 Å². The second-order valence-corrected chi connectivity index (χ2v) is 7.46. The van der Waals surface area contributed by atoms with Gasteiger partial charge in [0.15, 0.2) is 0 Å². The molecule has 1 aliphatic rings. The predicted octanol–water partition coefficient (Wildman–Crippen LogP) is 4.41. The fourth-order valence-corrected chi connectivity index (χ4v) is 3.72. The lowest BCUT2D eigenvalue weighted by Gasteiger charge is -2.30. The molecule has 0 heterocycles. The summed E-state index contributed by atoms with van der Waals surface area (Å²) in [6, 6.07) is 15.8. The molecule has 5 nitrogen and oxygen atoms in total. The highest BCUT2D eigenvalue weighted by atomic mass is 16.5. The van der Waals surface area contributed by atoms with E-state index in [-0.39, 0.29) is 12.5 Å². The average molecular weight is 367 g/mol. The van der Waals surface area contributed by atoms with Gasteiger partial charge < -0.3 is 15.2 Å². The number of alkyl carbamates (subject to hydrolysis) is 1. The molecule has 2 N–H and O–H groups in total. The van der Waals surface area contributed by atoms with Crippen molar-refractivity contribution < 1.29 is 19.4 Å². The number of nitrogens with one attached hydrogen (secondary N) is 1. The summed E-state index contributed by atoms with van der Waals surface area (Å²) in [5.74, 6) is -0.969. The molecule has 0 aromatic heterocycles. The molecule has 0 fully saturated rings. The third-order valence-corrected chi connectivity index (χ3v) is 5.47. The average Bonchev–Trinajstić information content (AvgIpc) is 2.98. The Bertz CT molecular complexity index is 813. The van der Waals surface area contributed by atoms with Crippen molar-refractivity contribution in [3.63, 3.8) is 0 Å². The molecule has 0 radical (unpaired) electrons. The summed E-state index contributed by atoms with van der Waals surface area (Å²) in [6.45, 7) is 5.27. The quantitative estimate of drug-likeness (QED) is 0.793. The molecule has 1 aliphatic carbocycles. The highest BCUT2D eigenvalue weighted by molar-refractivity contribution is 5.79. The summed E-state index contributed by atoms with van der Waals surface area (Å²) in [5.41, 5.74) is 3.55. The van der Waals surface area contributed by atoms with Gasteiger partial charge in [0.05, 0.1) is 5.41 Å². The fraction of sp³-hybridized carbons (Fsp3) is 0.364. The Morgan fingerprint density at radius 1 is 1.07 bits per heavy atom. The topological polar surface area (TPSA) is 75.6 Å². The van der Waals surface area contributed by atoms with Crippen molar-refractivity contribution in [1.82, 2.24) is 5.32 Å². The third-order valence-electron chi connectivity index (χ3n) is 5.47. The summed E-state index contributed by atoms with van der Waals surface area (Å²) in [5, 5.41) is 12.1. The van der Waals surface area contributed by atoms with Crippen LogP contribution in [0.3, 0.4) is 0 Å². The smallest absolute Gasteiger partial charge is 0.407 e. The Kier molecular flexibility index (Phi) is 5.22. The van der Waals surface area contributed by atoms with Gasteiger partial charge >= 0.3 is 12.1 Å². The van der Waals surface area contributed by atoms with Gasteiger partial charge in [-0.2, -0.15) is 0 Å². The van der Waals surface area contributed by atoms with E-state index in [0.717, 1.165) is 11.1 Å². The standard InChI is InChI=1S/C22H25NO4/c1-4-19(22(2,3)20(24)25)23-21(26)27-13-18-16-11-7-5-9-14(16)15-10-6-8-12-17(15)18/h5-12,18-19H,4,13H2,1-3H3,(H,23,26)(H,24,25)/t19-/m1/s1. The van der Waals surface area contributed by atoms with Crippen molar-refractivity contribution in [1.29, 1.82) is 0 Å². The van der Waals surface area contributed by atoms with E-state index >= 15 is 0 Å². The molecule has 2 aromatic rings. The summed E-state index contributed by atoms with van der Waals surface area (Å²) in [4.78, 5) is 23.8. The molecule has 1 atom stereocenters. The van der Waals surface area contributed by atoms with Gasteiger partial charge in [-0.3, -0.25) is 4.79 Å². The lowest BCUT2D eigenvalue weighted by Crippen LogP contribution is -2.48. The Morgan fingerprint density at radius 3 is 2.07 bits per heavy atom. The number of carbonyl (C=O) groups is 2. The van der Waals surface area contributed by atoms with Crippen molar-refractivity contribution in [2.45, 2.75) is 39.2 Å². The van der Waals surface area contributed by atoms with E-state index in [1.54, 1.807) is 13.8 Å². The highest BCUT2D eigenvalue weighted by Crippen LogP contribution is 2.44. The van der Waals surface area contributed by atoms with Gasteiger partial charge in [-0.15, -0.1) is 0 Å². The largest absolute Gasteiger partial charge is 0.481 e. The van der Waals surface area contributed by atoms with Crippen LogP contribution in [-0.4, -0.2) is 29.8 Å². The maximum absolute atomic E-state index is 12.3. The molecule has 0 aliphatic heterocycles. The van der Waals surface area contributed by atoms with Crippen LogP contribution in [0.4, 0.5) is 4.79 Å². The van der Waals surface area contributed by atoms with Crippen LogP contribution < -0.4 is 5.32 Å². The van der Waals surface area contributed by atoms with Crippen LogP contribution in [-0.2, 0) is 9.53 Å². The first-order valence-corrected chi connectivity index (χ1v) is 9.21. The lowest BCUT2D eigenvalue weighted by atomic mass is 9.83. The number of rotatable bonds is 6. The van der Waals surface area contributed by atoms with Gasteiger partial charge in [0.1, 0.15) is 6.61 Å². The number of aliphatic carboxylic acids is 1. The SMILES string of the molecule is CC[C@@H](NC(=O)OCC1c2ccccc2-c2ccccc21)C(C)(C)C(=O)O. The van der Waals surface area contributed by atoms with Crippen molar-refractivity contribution >= 4 is 12.1 Å². The molecule has 0 unspecified atom stereocenters. The van der Waals surface area contributed by atoms with E-state index in [9.17, 15) is 14.7 Å². The number of hydrogen-bond acceptors (Lipinski definition) is 3. The van der Waals surface area contributed by atoms with Gasteiger partial charge in [0, 0.05) is 12.0 Å². The zero-order valence-corrected chi connectivity index (χ0v) is 15.9. The molecule has 5 heteroatoms.